The van der Waals surface area contributed by atoms with E-state index >= 15 is 0 Å². The zero-order valence-corrected chi connectivity index (χ0v) is 15.1. The van der Waals surface area contributed by atoms with Crippen LogP contribution in [0, 0.1) is 0 Å². The van der Waals surface area contributed by atoms with Crippen molar-refractivity contribution in [1.29, 1.82) is 0 Å². The second-order valence-corrected chi connectivity index (χ2v) is 6.17. The third-order valence-corrected chi connectivity index (χ3v) is 4.23. The smallest absolute Gasteiger partial charge is 0.319 e. The molecule has 0 unspecified atom stereocenters. The number of hydrogen-bond donors (Lipinski definition) is 3. The number of nitrogens with zero attached hydrogens (tertiary/aromatic N) is 1. The lowest BCUT2D eigenvalue weighted by atomic mass is 10.2. The van der Waals surface area contributed by atoms with Gasteiger partial charge in [0, 0.05) is 37.4 Å². The van der Waals surface area contributed by atoms with E-state index in [9.17, 15) is 9.59 Å². The average molecular weight is 372 g/mol. The van der Waals surface area contributed by atoms with Crippen molar-refractivity contribution in [2.45, 2.75) is 6.54 Å². The molecule has 2 heterocycles. The number of furan rings is 1. The fraction of sp³-hybridized carbons (Fsp3) is 0.368. The first-order valence-corrected chi connectivity index (χ1v) is 8.96. The van der Waals surface area contributed by atoms with Crippen molar-refractivity contribution in [2.24, 2.45) is 0 Å². The summed E-state index contributed by atoms with van der Waals surface area (Å²) in [6, 6.07) is 9.98. The van der Waals surface area contributed by atoms with Gasteiger partial charge in [0.25, 0.3) is 5.91 Å². The quantitative estimate of drug-likeness (QED) is 0.687. The van der Waals surface area contributed by atoms with Crippen molar-refractivity contribution in [1.82, 2.24) is 15.5 Å². The van der Waals surface area contributed by atoms with Gasteiger partial charge in [-0.1, -0.05) is 0 Å². The lowest BCUT2D eigenvalue weighted by Crippen LogP contribution is -2.41. The summed E-state index contributed by atoms with van der Waals surface area (Å²) < 4.78 is 10.5. The molecule has 1 aromatic heterocycles. The zero-order valence-electron chi connectivity index (χ0n) is 15.1. The van der Waals surface area contributed by atoms with Gasteiger partial charge in [-0.05, 0) is 36.4 Å². The van der Waals surface area contributed by atoms with Gasteiger partial charge < -0.3 is 25.1 Å². The monoisotopic (exact) mass is 372 g/mol. The molecule has 1 aliphatic heterocycles. The minimum Gasteiger partial charge on any atom is -0.467 e. The summed E-state index contributed by atoms with van der Waals surface area (Å²) in [7, 11) is 0. The molecule has 0 atom stereocenters. The molecule has 1 aliphatic rings. The van der Waals surface area contributed by atoms with E-state index in [4.69, 9.17) is 9.15 Å². The Morgan fingerprint density at radius 3 is 2.52 bits per heavy atom. The second-order valence-electron chi connectivity index (χ2n) is 6.17. The van der Waals surface area contributed by atoms with E-state index in [1.165, 1.54) is 0 Å². The largest absolute Gasteiger partial charge is 0.467 e. The molecule has 1 aromatic carbocycles. The van der Waals surface area contributed by atoms with Gasteiger partial charge in [-0.2, -0.15) is 0 Å². The molecule has 3 N–H and O–H groups in total. The summed E-state index contributed by atoms with van der Waals surface area (Å²) in [5.41, 5.74) is 1.16. The Kier molecular flexibility index (Phi) is 6.84. The average Bonchev–Trinajstić information content (AvgIpc) is 3.21. The number of ether oxygens (including phenoxy) is 1. The van der Waals surface area contributed by atoms with Crippen LogP contribution in [0.5, 0.6) is 0 Å². The Morgan fingerprint density at radius 1 is 1.04 bits per heavy atom. The van der Waals surface area contributed by atoms with Crippen molar-refractivity contribution in [3.63, 3.8) is 0 Å². The molecule has 0 bridgehead atoms. The van der Waals surface area contributed by atoms with Gasteiger partial charge in [0.2, 0.25) is 0 Å². The van der Waals surface area contributed by atoms with Gasteiger partial charge in [0.1, 0.15) is 5.76 Å². The Labute approximate surface area is 157 Å². The van der Waals surface area contributed by atoms with E-state index in [0.29, 0.717) is 30.1 Å². The Hall–Kier alpha value is -2.84. The van der Waals surface area contributed by atoms with Gasteiger partial charge >= 0.3 is 6.03 Å². The lowest BCUT2D eigenvalue weighted by molar-refractivity contribution is 0.0383. The maximum absolute atomic E-state index is 12.2. The van der Waals surface area contributed by atoms with Gasteiger partial charge in [0.05, 0.1) is 26.0 Å². The number of anilines is 1. The lowest BCUT2D eigenvalue weighted by Gasteiger charge is -2.26. The molecule has 27 heavy (non-hydrogen) atoms. The van der Waals surface area contributed by atoms with E-state index in [2.05, 4.69) is 20.9 Å². The molecule has 8 heteroatoms. The highest BCUT2D eigenvalue weighted by Crippen LogP contribution is 2.09. The molecule has 1 fully saturated rings. The molecule has 1 saturated heterocycles. The predicted molar refractivity (Wildman–Crippen MR) is 101 cm³/mol. The highest BCUT2D eigenvalue weighted by Gasteiger charge is 2.11. The number of nitrogens with one attached hydrogen (secondary N) is 3. The maximum atomic E-state index is 12.2. The SMILES string of the molecule is O=C(NCc1ccco1)Nc1ccc(C(=O)NCCN2CCOCC2)cc1. The number of amides is 3. The first kappa shape index (κ1) is 18.9. The van der Waals surface area contributed by atoms with Crippen molar-refractivity contribution >= 4 is 17.6 Å². The zero-order chi connectivity index (χ0) is 18.9. The third kappa shape index (κ3) is 6.12. The fourth-order valence-corrected chi connectivity index (χ4v) is 2.72. The van der Waals surface area contributed by atoms with Crippen LogP contribution < -0.4 is 16.0 Å². The molecule has 0 saturated carbocycles. The number of rotatable bonds is 7. The second kappa shape index (κ2) is 9.75. The molecule has 0 radical (unpaired) electrons. The number of benzene rings is 1. The van der Waals surface area contributed by atoms with Crippen molar-refractivity contribution in [3.8, 4) is 0 Å². The maximum Gasteiger partial charge on any atom is 0.319 e. The van der Waals surface area contributed by atoms with E-state index < -0.39 is 0 Å². The molecule has 3 amide bonds. The molecule has 8 nitrogen and oxygen atoms in total. The topological polar surface area (TPSA) is 95.8 Å². The summed E-state index contributed by atoms with van der Waals surface area (Å²) >= 11 is 0. The van der Waals surface area contributed by atoms with E-state index in [-0.39, 0.29) is 11.9 Å². The van der Waals surface area contributed by atoms with Crippen molar-refractivity contribution in [3.05, 3.63) is 54.0 Å². The fourth-order valence-electron chi connectivity index (χ4n) is 2.72. The highest BCUT2D eigenvalue weighted by atomic mass is 16.5. The molecule has 144 valence electrons. The van der Waals surface area contributed by atoms with Crippen LogP contribution in [0.2, 0.25) is 0 Å². The van der Waals surface area contributed by atoms with Crippen LogP contribution in [0.25, 0.3) is 0 Å². The Morgan fingerprint density at radius 2 is 1.81 bits per heavy atom. The van der Waals surface area contributed by atoms with Crippen molar-refractivity contribution < 1.29 is 18.7 Å². The molecular formula is C19H24N4O4. The van der Waals surface area contributed by atoms with E-state index in [1.54, 1.807) is 42.7 Å². The molecule has 0 spiro atoms. The summed E-state index contributed by atoms with van der Waals surface area (Å²) in [5.74, 6) is 0.548. The number of carbonyl (C=O) groups excluding carboxylic acids is 2. The highest BCUT2D eigenvalue weighted by molar-refractivity contribution is 5.95. The first-order valence-electron chi connectivity index (χ1n) is 8.96. The molecular weight excluding hydrogens is 348 g/mol. The molecule has 3 rings (SSSR count). The first-order chi connectivity index (χ1) is 13.2. The van der Waals surface area contributed by atoms with Crippen molar-refractivity contribution in [2.75, 3.05) is 44.7 Å². The van der Waals surface area contributed by atoms with Gasteiger partial charge in [-0.25, -0.2) is 4.79 Å². The van der Waals surface area contributed by atoms with Crippen LogP contribution >= 0.6 is 0 Å². The normalized spacial score (nSPS) is 14.5. The minimum absolute atomic E-state index is 0.128. The number of hydrogen-bond acceptors (Lipinski definition) is 5. The predicted octanol–water partition coefficient (Wildman–Crippen LogP) is 1.66. The Balaban J connectivity index is 1.39. The third-order valence-electron chi connectivity index (χ3n) is 4.23. The van der Waals surface area contributed by atoms with Gasteiger partial charge in [-0.15, -0.1) is 0 Å². The van der Waals surface area contributed by atoms with E-state index in [1.807, 2.05) is 0 Å². The summed E-state index contributed by atoms with van der Waals surface area (Å²) in [6.07, 6.45) is 1.56. The molecule has 0 aliphatic carbocycles. The van der Waals surface area contributed by atoms with Crippen LogP contribution in [-0.4, -0.2) is 56.2 Å². The van der Waals surface area contributed by atoms with E-state index in [0.717, 1.165) is 32.8 Å². The van der Waals surface area contributed by atoms with Crippen LogP contribution in [0.4, 0.5) is 10.5 Å². The van der Waals surface area contributed by atoms with Crippen LogP contribution in [0.3, 0.4) is 0 Å². The van der Waals surface area contributed by atoms with Crippen LogP contribution in [-0.2, 0) is 11.3 Å². The van der Waals surface area contributed by atoms with Gasteiger partial charge in [-0.3, -0.25) is 9.69 Å². The van der Waals surface area contributed by atoms with Crippen LogP contribution in [0.15, 0.2) is 47.1 Å². The summed E-state index contributed by atoms with van der Waals surface area (Å²) in [6.45, 7) is 5.01. The number of urea groups is 1. The summed E-state index contributed by atoms with van der Waals surface area (Å²) in [4.78, 5) is 26.3. The summed E-state index contributed by atoms with van der Waals surface area (Å²) in [5, 5.41) is 8.32. The number of carbonyl (C=O) groups is 2. The Bertz CT molecular complexity index is 725. The van der Waals surface area contributed by atoms with Crippen LogP contribution in [0.1, 0.15) is 16.1 Å². The number of morpholine rings is 1. The van der Waals surface area contributed by atoms with Gasteiger partial charge in [0.15, 0.2) is 0 Å². The minimum atomic E-state index is -0.339. The molecule has 2 aromatic rings. The standard InChI is InChI=1S/C19H24N4O4/c24-18(20-7-8-23-9-12-26-13-10-23)15-3-5-16(6-4-15)22-19(25)21-14-17-2-1-11-27-17/h1-6,11H,7-10,12-14H2,(H,20,24)(H2,21,22,25).